The Morgan fingerprint density at radius 2 is 2.10 bits per heavy atom. The number of aromatic amines is 1. The molecule has 1 aromatic heterocycles. The summed E-state index contributed by atoms with van der Waals surface area (Å²) in [5.41, 5.74) is -0.673. The molecule has 20 heavy (non-hydrogen) atoms. The number of hydrogen-bond acceptors (Lipinski definition) is 6. The number of halogens is 1. The molecular formula is C12H8BrN3O3S. The molecule has 0 unspecified atom stereocenters. The van der Waals surface area contributed by atoms with Crippen LogP contribution in [0.25, 0.3) is 11.3 Å². The molecule has 0 saturated carbocycles. The summed E-state index contributed by atoms with van der Waals surface area (Å²) in [6.07, 6.45) is 1.72. The van der Waals surface area contributed by atoms with Crippen LogP contribution in [0.4, 0.5) is 0 Å². The number of nitrogens with zero attached hydrogens (tertiary/aromatic N) is 2. The molecule has 0 aliphatic rings. The first-order valence-corrected chi connectivity index (χ1v) is 7.30. The van der Waals surface area contributed by atoms with Crippen LogP contribution in [0.15, 0.2) is 26.6 Å². The molecule has 2 aromatic rings. The molecule has 102 valence electrons. The standard InChI is InChI=1S/C12H8BrN3O3S/c1-20-12-15-8(6(4-14)11(19)16-12)5-2-3-7(13)10(18)9(5)17/h2-3,17-18H,1H3,(H,15,16,19). The number of nitriles is 1. The quantitative estimate of drug-likeness (QED) is 0.433. The summed E-state index contributed by atoms with van der Waals surface area (Å²) in [4.78, 5) is 18.4. The predicted molar refractivity (Wildman–Crippen MR) is 77.8 cm³/mol. The second kappa shape index (κ2) is 5.56. The van der Waals surface area contributed by atoms with Gasteiger partial charge in [0.2, 0.25) is 0 Å². The second-order valence-electron chi connectivity index (χ2n) is 3.70. The minimum Gasteiger partial charge on any atom is -0.504 e. The Hall–Kier alpha value is -1.98. The molecule has 0 spiro atoms. The number of phenols is 2. The van der Waals surface area contributed by atoms with Crippen molar-refractivity contribution < 1.29 is 10.2 Å². The van der Waals surface area contributed by atoms with Crippen LogP contribution in [-0.2, 0) is 0 Å². The third-order valence-electron chi connectivity index (χ3n) is 2.56. The highest BCUT2D eigenvalue weighted by Crippen LogP contribution is 2.41. The Morgan fingerprint density at radius 1 is 1.40 bits per heavy atom. The smallest absolute Gasteiger partial charge is 0.270 e. The van der Waals surface area contributed by atoms with E-state index in [1.807, 2.05) is 0 Å². The summed E-state index contributed by atoms with van der Waals surface area (Å²) in [7, 11) is 0. The van der Waals surface area contributed by atoms with Crippen LogP contribution < -0.4 is 5.56 Å². The van der Waals surface area contributed by atoms with Crippen LogP contribution in [0.3, 0.4) is 0 Å². The fourth-order valence-corrected chi connectivity index (χ4v) is 2.29. The Balaban J connectivity index is 2.82. The monoisotopic (exact) mass is 353 g/mol. The first kappa shape index (κ1) is 14.4. The molecule has 0 fully saturated rings. The van der Waals surface area contributed by atoms with Crippen LogP contribution in [0.5, 0.6) is 11.5 Å². The van der Waals surface area contributed by atoms with Crippen LogP contribution >= 0.6 is 27.7 Å². The second-order valence-corrected chi connectivity index (χ2v) is 5.35. The van der Waals surface area contributed by atoms with E-state index < -0.39 is 11.3 Å². The number of aromatic hydroxyl groups is 2. The van der Waals surface area contributed by atoms with Gasteiger partial charge in [0.05, 0.1) is 4.47 Å². The van der Waals surface area contributed by atoms with E-state index in [4.69, 9.17) is 5.26 Å². The summed E-state index contributed by atoms with van der Waals surface area (Å²) in [6, 6.07) is 4.71. The van der Waals surface area contributed by atoms with E-state index in [1.165, 1.54) is 23.9 Å². The minimum absolute atomic E-state index is 0.0286. The molecular weight excluding hydrogens is 346 g/mol. The van der Waals surface area contributed by atoms with Gasteiger partial charge >= 0.3 is 0 Å². The SMILES string of the molecule is CSc1nc(-c2ccc(Br)c(O)c2O)c(C#N)c(=O)[nH]1. The summed E-state index contributed by atoms with van der Waals surface area (Å²) in [6.45, 7) is 0. The molecule has 0 atom stereocenters. The zero-order valence-corrected chi connectivity index (χ0v) is 12.5. The van der Waals surface area contributed by atoms with Gasteiger partial charge < -0.3 is 15.2 Å². The van der Waals surface area contributed by atoms with E-state index in [9.17, 15) is 15.0 Å². The molecule has 6 nitrogen and oxygen atoms in total. The summed E-state index contributed by atoms with van der Waals surface area (Å²) >= 11 is 4.26. The predicted octanol–water partition coefficient (Wildman–Crippen LogP) is 2.20. The molecule has 0 amide bonds. The van der Waals surface area contributed by atoms with Crippen molar-refractivity contribution in [3.05, 3.63) is 32.5 Å². The number of aromatic nitrogens is 2. The van der Waals surface area contributed by atoms with Crippen molar-refractivity contribution in [1.82, 2.24) is 9.97 Å². The maximum atomic E-state index is 11.8. The Bertz CT molecular complexity index is 783. The highest BCUT2D eigenvalue weighted by atomic mass is 79.9. The van der Waals surface area contributed by atoms with Crippen molar-refractivity contribution in [2.75, 3.05) is 6.26 Å². The van der Waals surface area contributed by atoms with Gasteiger partial charge in [-0.1, -0.05) is 11.8 Å². The van der Waals surface area contributed by atoms with Gasteiger partial charge in [-0.2, -0.15) is 5.26 Å². The maximum absolute atomic E-state index is 11.8. The zero-order chi connectivity index (χ0) is 14.9. The third kappa shape index (κ3) is 2.37. The molecule has 0 aliphatic carbocycles. The lowest BCUT2D eigenvalue weighted by molar-refractivity contribution is 0.402. The first-order valence-electron chi connectivity index (χ1n) is 5.28. The van der Waals surface area contributed by atoms with Crippen molar-refractivity contribution >= 4 is 27.7 Å². The number of nitrogens with one attached hydrogen (secondary N) is 1. The number of benzene rings is 1. The number of phenolic OH excluding ortho intramolecular Hbond substituents is 2. The maximum Gasteiger partial charge on any atom is 0.270 e. The Morgan fingerprint density at radius 3 is 2.70 bits per heavy atom. The van der Waals surface area contributed by atoms with Gasteiger partial charge in [0.15, 0.2) is 16.7 Å². The van der Waals surface area contributed by atoms with E-state index in [2.05, 4.69) is 25.9 Å². The van der Waals surface area contributed by atoms with Gasteiger partial charge in [-0.25, -0.2) is 4.98 Å². The molecule has 0 aliphatic heterocycles. The first-order chi connectivity index (χ1) is 9.49. The van der Waals surface area contributed by atoms with Crippen LogP contribution in [0.2, 0.25) is 0 Å². The lowest BCUT2D eigenvalue weighted by Gasteiger charge is -2.09. The van der Waals surface area contributed by atoms with Crippen molar-refractivity contribution in [2.45, 2.75) is 5.16 Å². The van der Waals surface area contributed by atoms with Crippen molar-refractivity contribution in [1.29, 1.82) is 5.26 Å². The number of H-pyrrole nitrogens is 1. The molecule has 2 rings (SSSR count). The molecule has 0 saturated heterocycles. The van der Waals surface area contributed by atoms with E-state index >= 15 is 0 Å². The van der Waals surface area contributed by atoms with Gasteiger partial charge in [0, 0.05) is 5.56 Å². The highest BCUT2D eigenvalue weighted by Gasteiger charge is 2.19. The number of thioether (sulfide) groups is 1. The van der Waals surface area contributed by atoms with Gasteiger partial charge in [-0.15, -0.1) is 0 Å². The minimum atomic E-state index is -0.594. The van der Waals surface area contributed by atoms with Crippen LogP contribution in [0, 0.1) is 11.3 Å². The van der Waals surface area contributed by atoms with Crippen LogP contribution in [-0.4, -0.2) is 26.4 Å². The summed E-state index contributed by atoms with van der Waals surface area (Å²) < 4.78 is 0.298. The molecule has 3 N–H and O–H groups in total. The van der Waals surface area contributed by atoms with Crippen molar-refractivity contribution in [3.63, 3.8) is 0 Å². The number of hydrogen-bond donors (Lipinski definition) is 3. The Labute approximate surface area is 126 Å². The van der Waals surface area contributed by atoms with Gasteiger partial charge in [-0.3, -0.25) is 4.79 Å². The Kier molecular flexibility index (Phi) is 4.01. The molecule has 1 heterocycles. The summed E-state index contributed by atoms with van der Waals surface area (Å²) in [5, 5.41) is 29.0. The fourth-order valence-electron chi connectivity index (χ4n) is 1.59. The van der Waals surface area contributed by atoms with Crippen molar-refractivity contribution in [2.24, 2.45) is 0 Å². The molecule has 1 aromatic carbocycles. The molecule has 0 bridgehead atoms. The van der Waals surface area contributed by atoms with Gasteiger partial charge in [-0.05, 0) is 34.3 Å². The summed E-state index contributed by atoms with van der Waals surface area (Å²) in [5.74, 6) is -0.819. The lowest BCUT2D eigenvalue weighted by Crippen LogP contribution is -2.14. The third-order valence-corrected chi connectivity index (χ3v) is 3.78. The normalized spacial score (nSPS) is 10.2. The fraction of sp³-hybridized carbons (Fsp3) is 0.0833. The number of rotatable bonds is 2. The zero-order valence-electron chi connectivity index (χ0n) is 10.1. The topological polar surface area (TPSA) is 110 Å². The average molecular weight is 354 g/mol. The average Bonchev–Trinajstić information content (AvgIpc) is 2.44. The lowest BCUT2D eigenvalue weighted by atomic mass is 10.1. The van der Waals surface area contributed by atoms with E-state index in [1.54, 1.807) is 12.3 Å². The molecule has 8 heteroatoms. The van der Waals surface area contributed by atoms with E-state index in [0.717, 1.165) is 0 Å². The largest absolute Gasteiger partial charge is 0.504 e. The molecule has 0 radical (unpaired) electrons. The highest BCUT2D eigenvalue weighted by molar-refractivity contribution is 9.10. The van der Waals surface area contributed by atoms with E-state index in [-0.39, 0.29) is 22.6 Å². The van der Waals surface area contributed by atoms with Gasteiger partial charge in [0.25, 0.3) is 5.56 Å². The van der Waals surface area contributed by atoms with E-state index in [0.29, 0.717) is 9.63 Å². The van der Waals surface area contributed by atoms with Crippen molar-refractivity contribution in [3.8, 4) is 28.8 Å². The van der Waals surface area contributed by atoms with Crippen LogP contribution in [0.1, 0.15) is 5.56 Å². The van der Waals surface area contributed by atoms with Gasteiger partial charge in [0.1, 0.15) is 17.3 Å².